The molecule has 6 heteroatoms. The molecule has 0 radical (unpaired) electrons. The zero-order valence-electron chi connectivity index (χ0n) is 9.80. The van der Waals surface area contributed by atoms with Crippen molar-refractivity contribution in [1.29, 1.82) is 0 Å². The van der Waals surface area contributed by atoms with E-state index in [1.165, 1.54) is 0 Å². The molecule has 0 saturated carbocycles. The van der Waals surface area contributed by atoms with Gasteiger partial charge in [-0.05, 0) is 5.56 Å². The van der Waals surface area contributed by atoms with Crippen molar-refractivity contribution in [3.63, 3.8) is 0 Å². The number of aryl methyl sites for hydroxylation is 1. The second-order valence-electron chi connectivity index (χ2n) is 3.53. The first-order valence-corrected chi connectivity index (χ1v) is 5.26. The fourth-order valence-corrected chi connectivity index (χ4v) is 1.36. The second-order valence-corrected chi connectivity index (χ2v) is 3.53. The molecule has 0 aliphatic carbocycles. The largest absolute Gasteiger partial charge is 0.481 e. The molecule has 17 heavy (non-hydrogen) atoms. The van der Waals surface area contributed by atoms with Crippen molar-refractivity contribution in [3.05, 3.63) is 35.7 Å². The summed E-state index contributed by atoms with van der Waals surface area (Å²) in [6, 6.07) is 3.78. The zero-order chi connectivity index (χ0) is 12.1. The Morgan fingerprint density at radius 2 is 2.18 bits per heavy atom. The van der Waals surface area contributed by atoms with Gasteiger partial charge in [-0.1, -0.05) is 6.07 Å². The van der Waals surface area contributed by atoms with Crippen molar-refractivity contribution in [3.8, 4) is 5.88 Å². The normalized spacial score (nSPS) is 10.5. The summed E-state index contributed by atoms with van der Waals surface area (Å²) in [5.74, 6) is 1.78. The Kier molecular flexibility index (Phi) is 3.66. The van der Waals surface area contributed by atoms with E-state index >= 15 is 0 Å². The molecule has 2 rings (SSSR count). The summed E-state index contributed by atoms with van der Waals surface area (Å²) in [5.41, 5.74) is 1.07. The number of rotatable bonds is 5. The molecule has 2 aromatic heterocycles. The number of hydrogen-bond acceptors (Lipinski definition) is 6. The van der Waals surface area contributed by atoms with Crippen molar-refractivity contribution in [2.24, 2.45) is 0 Å². The lowest BCUT2D eigenvalue weighted by Gasteiger charge is -2.03. The SMILES string of the molecule is COc1ccc(CNCc2nnc(C)o2)cn1. The van der Waals surface area contributed by atoms with Crippen molar-refractivity contribution in [1.82, 2.24) is 20.5 Å². The van der Waals surface area contributed by atoms with E-state index in [2.05, 4.69) is 20.5 Å². The predicted octanol–water partition coefficient (Wildman–Crippen LogP) is 1.07. The summed E-state index contributed by atoms with van der Waals surface area (Å²) in [4.78, 5) is 4.11. The molecule has 0 bridgehead atoms. The summed E-state index contributed by atoms with van der Waals surface area (Å²) in [7, 11) is 1.60. The number of nitrogens with one attached hydrogen (secondary N) is 1. The van der Waals surface area contributed by atoms with E-state index in [1.807, 2.05) is 12.1 Å². The third-order valence-corrected chi connectivity index (χ3v) is 2.18. The molecule has 0 fully saturated rings. The van der Waals surface area contributed by atoms with Crippen LogP contribution in [-0.4, -0.2) is 22.3 Å². The second kappa shape index (κ2) is 5.40. The molecule has 0 aliphatic rings. The fourth-order valence-electron chi connectivity index (χ4n) is 1.36. The van der Waals surface area contributed by atoms with E-state index in [9.17, 15) is 0 Å². The molecule has 0 aliphatic heterocycles. The van der Waals surface area contributed by atoms with E-state index in [0.29, 0.717) is 30.8 Å². The molecule has 1 N–H and O–H groups in total. The molecule has 0 saturated heterocycles. The van der Waals surface area contributed by atoms with Gasteiger partial charge in [0.05, 0.1) is 13.7 Å². The predicted molar refractivity (Wildman–Crippen MR) is 60.4 cm³/mol. The van der Waals surface area contributed by atoms with Crippen molar-refractivity contribution >= 4 is 0 Å². The highest BCUT2D eigenvalue weighted by Gasteiger charge is 2.01. The molecule has 6 nitrogen and oxygen atoms in total. The summed E-state index contributed by atoms with van der Waals surface area (Å²) in [6.45, 7) is 3.01. The third-order valence-electron chi connectivity index (χ3n) is 2.18. The van der Waals surface area contributed by atoms with Crippen LogP contribution >= 0.6 is 0 Å². The van der Waals surface area contributed by atoms with Crippen LogP contribution in [0, 0.1) is 6.92 Å². The highest BCUT2D eigenvalue weighted by Crippen LogP contribution is 2.06. The third kappa shape index (κ3) is 3.25. The van der Waals surface area contributed by atoms with E-state index in [4.69, 9.17) is 9.15 Å². The summed E-state index contributed by atoms with van der Waals surface area (Å²) in [5, 5.41) is 10.8. The minimum Gasteiger partial charge on any atom is -0.481 e. The number of hydrogen-bond donors (Lipinski definition) is 1. The first kappa shape index (κ1) is 11.5. The van der Waals surface area contributed by atoms with Gasteiger partial charge in [-0.3, -0.25) is 0 Å². The quantitative estimate of drug-likeness (QED) is 0.834. The molecule has 0 aromatic carbocycles. The van der Waals surface area contributed by atoms with Crippen LogP contribution in [0.4, 0.5) is 0 Å². The highest BCUT2D eigenvalue weighted by atomic mass is 16.5. The monoisotopic (exact) mass is 234 g/mol. The highest BCUT2D eigenvalue weighted by molar-refractivity contribution is 5.17. The Morgan fingerprint density at radius 3 is 2.76 bits per heavy atom. The van der Waals surface area contributed by atoms with Crippen molar-refractivity contribution < 1.29 is 9.15 Å². The van der Waals surface area contributed by atoms with Crippen LogP contribution in [0.25, 0.3) is 0 Å². The minimum atomic E-state index is 0.548. The van der Waals surface area contributed by atoms with Gasteiger partial charge in [-0.15, -0.1) is 10.2 Å². The molecule has 0 atom stereocenters. The van der Waals surface area contributed by atoms with Gasteiger partial charge in [0, 0.05) is 25.7 Å². The molecule has 90 valence electrons. The van der Waals surface area contributed by atoms with Gasteiger partial charge in [0.15, 0.2) is 0 Å². The first-order valence-electron chi connectivity index (χ1n) is 5.26. The molecule has 2 aromatic rings. The van der Waals surface area contributed by atoms with Gasteiger partial charge in [0.2, 0.25) is 17.7 Å². The Bertz CT molecular complexity index is 467. The lowest BCUT2D eigenvalue weighted by molar-refractivity contribution is 0.397. The summed E-state index contributed by atoms with van der Waals surface area (Å²) in [6.07, 6.45) is 1.77. The van der Waals surface area contributed by atoms with Gasteiger partial charge in [-0.2, -0.15) is 0 Å². The Balaban J connectivity index is 1.81. The van der Waals surface area contributed by atoms with Gasteiger partial charge in [0.1, 0.15) is 0 Å². The standard InChI is InChI=1S/C11H14N4O2/c1-8-14-15-11(17-8)7-12-5-9-3-4-10(16-2)13-6-9/h3-4,6,12H,5,7H2,1-2H3. The molecular formula is C11H14N4O2. The fraction of sp³-hybridized carbons (Fsp3) is 0.364. The topological polar surface area (TPSA) is 73.1 Å². The van der Waals surface area contributed by atoms with Crippen molar-refractivity contribution in [2.75, 3.05) is 7.11 Å². The molecule has 0 unspecified atom stereocenters. The maximum Gasteiger partial charge on any atom is 0.230 e. The van der Waals surface area contributed by atoms with Crippen LogP contribution in [0.15, 0.2) is 22.7 Å². The zero-order valence-corrected chi connectivity index (χ0v) is 9.80. The molecule has 0 amide bonds. The average molecular weight is 234 g/mol. The number of aromatic nitrogens is 3. The van der Waals surface area contributed by atoms with Crippen LogP contribution < -0.4 is 10.1 Å². The smallest absolute Gasteiger partial charge is 0.230 e. The molecule has 2 heterocycles. The van der Waals surface area contributed by atoms with Gasteiger partial charge in [-0.25, -0.2) is 4.98 Å². The average Bonchev–Trinajstić information content (AvgIpc) is 2.76. The Morgan fingerprint density at radius 1 is 1.29 bits per heavy atom. The van der Waals surface area contributed by atoms with Crippen LogP contribution in [0.5, 0.6) is 5.88 Å². The van der Waals surface area contributed by atoms with E-state index in [0.717, 1.165) is 5.56 Å². The Hall–Kier alpha value is -1.95. The van der Waals surface area contributed by atoms with Gasteiger partial charge >= 0.3 is 0 Å². The molecule has 0 spiro atoms. The number of methoxy groups -OCH3 is 1. The number of nitrogens with zero attached hydrogens (tertiary/aromatic N) is 3. The lowest BCUT2D eigenvalue weighted by atomic mass is 10.3. The van der Waals surface area contributed by atoms with Crippen molar-refractivity contribution in [2.45, 2.75) is 20.0 Å². The summed E-state index contributed by atoms with van der Waals surface area (Å²) >= 11 is 0. The number of ether oxygens (including phenoxy) is 1. The van der Waals surface area contributed by atoms with Crippen LogP contribution in [0.2, 0.25) is 0 Å². The Labute approximate surface area is 99.0 Å². The lowest BCUT2D eigenvalue weighted by Crippen LogP contribution is -2.13. The molecular weight excluding hydrogens is 220 g/mol. The summed E-state index contributed by atoms with van der Waals surface area (Å²) < 4.78 is 10.2. The first-order chi connectivity index (χ1) is 8.28. The van der Waals surface area contributed by atoms with Gasteiger partial charge in [0.25, 0.3) is 0 Å². The van der Waals surface area contributed by atoms with Crippen LogP contribution in [-0.2, 0) is 13.1 Å². The maximum absolute atomic E-state index is 5.24. The minimum absolute atomic E-state index is 0.548. The van der Waals surface area contributed by atoms with Gasteiger partial charge < -0.3 is 14.5 Å². The maximum atomic E-state index is 5.24. The van der Waals surface area contributed by atoms with Crippen LogP contribution in [0.3, 0.4) is 0 Å². The van der Waals surface area contributed by atoms with E-state index in [-0.39, 0.29) is 0 Å². The van der Waals surface area contributed by atoms with Crippen LogP contribution in [0.1, 0.15) is 17.3 Å². The number of pyridine rings is 1. The van der Waals surface area contributed by atoms with E-state index < -0.39 is 0 Å². The van der Waals surface area contributed by atoms with E-state index in [1.54, 1.807) is 20.2 Å².